The number of hydrogen-bond acceptors (Lipinski definition) is 3. The van der Waals surface area contributed by atoms with Gasteiger partial charge in [-0.3, -0.25) is 4.89 Å². The van der Waals surface area contributed by atoms with Gasteiger partial charge in [0.2, 0.25) is 0 Å². The SMILES string of the molecule is CCCCCC1C(CC2C(CCCCCOOC(=O)O)C2(C)C)C1(C)C. The van der Waals surface area contributed by atoms with Crippen molar-refractivity contribution < 1.29 is 19.7 Å². The zero-order valence-electron chi connectivity index (χ0n) is 17.6. The van der Waals surface area contributed by atoms with Crippen molar-refractivity contribution >= 4 is 6.16 Å². The lowest BCUT2D eigenvalue weighted by molar-refractivity contribution is -0.251. The molecule has 2 aliphatic rings. The van der Waals surface area contributed by atoms with E-state index in [1.54, 1.807) is 0 Å². The molecule has 4 nitrogen and oxygen atoms in total. The first kappa shape index (κ1) is 21.5. The lowest BCUT2D eigenvalue weighted by Crippen LogP contribution is -2.02. The van der Waals surface area contributed by atoms with Crippen LogP contribution in [0.1, 0.15) is 92.4 Å². The second-order valence-corrected chi connectivity index (χ2v) is 9.82. The Morgan fingerprint density at radius 1 is 0.846 bits per heavy atom. The molecule has 2 rings (SSSR count). The van der Waals surface area contributed by atoms with Crippen LogP contribution < -0.4 is 0 Å². The van der Waals surface area contributed by atoms with E-state index in [0.717, 1.165) is 36.5 Å². The van der Waals surface area contributed by atoms with Crippen LogP contribution in [0.25, 0.3) is 0 Å². The molecule has 4 unspecified atom stereocenters. The molecule has 4 atom stereocenters. The highest BCUT2D eigenvalue weighted by Crippen LogP contribution is 2.70. The van der Waals surface area contributed by atoms with Gasteiger partial charge < -0.3 is 5.11 Å². The normalized spacial score (nSPS) is 30.8. The summed E-state index contributed by atoms with van der Waals surface area (Å²) in [4.78, 5) is 18.9. The van der Waals surface area contributed by atoms with Crippen LogP contribution in [0.4, 0.5) is 4.79 Å². The molecule has 0 aromatic heterocycles. The average molecular weight is 369 g/mol. The van der Waals surface area contributed by atoms with Crippen LogP contribution in [0.15, 0.2) is 0 Å². The summed E-state index contributed by atoms with van der Waals surface area (Å²) in [7, 11) is 0. The topological polar surface area (TPSA) is 55.8 Å². The number of hydrogen-bond donors (Lipinski definition) is 1. The second kappa shape index (κ2) is 8.95. The third-order valence-corrected chi connectivity index (χ3v) is 7.58. The molecule has 2 saturated carbocycles. The maximum absolute atomic E-state index is 10.2. The molecule has 0 amide bonds. The van der Waals surface area contributed by atoms with Crippen molar-refractivity contribution in [1.29, 1.82) is 0 Å². The van der Waals surface area contributed by atoms with Gasteiger partial charge in [-0.2, -0.15) is 4.89 Å². The van der Waals surface area contributed by atoms with Gasteiger partial charge in [0.25, 0.3) is 0 Å². The summed E-state index contributed by atoms with van der Waals surface area (Å²) in [5, 5.41) is 8.33. The monoisotopic (exact) mass is 368 g/mol. The Balaban J connectivity index is 1.62. The second-order valence-electron chi connectivity index (χ2n) is 9.82. The van der Waals surface area contributed by atoms with Gasteiger partial charge >= 0.3 is 6.16 Å². The van der Waals surface area contributed by atoms with Crippen molar-refractivity contribution in [2.45, 2.75) is 92.4 Å². The lowest BCUT2D eigenvalue weighted by Gasteiger charge is -2.04. The Bertz CT molecular complexity index is 457. The Hall–Kier alpha value is -0.770. The molecule has 1 N–H and O–H groups in total. The summed E-state index contributed by atoms with van der Waals surface area (Å²) in [6.45, 7) is 12.5. The number of carboxylic acid groups (broad SMARTS) is 1. The van der Waals surface area contributed by atoms with E-state index in [0.29, 0.717) is 17.4 Å². The molecule has 0 aliphatic heterocycles. The average Bonchev–Trinajstić information content (AvgIpc) is 3.28. The summed E-state index contributed by atoms with van der Waals surface area (Å²) >= 11 is 0. The first-order valence-electron chi connectivity index (χ1n) is 10.7. The van der Waals surface area contributed by atoms with Crippen LogP contribution >= 0.6 is 0 Å². The third kappa shape index (κ3) is 5.37. The number of rotatable bonds is 13. The standard InChI is InChI=1S/C22H40O4/c1-6-7-9-12-16-18(21(16,2)3)15-19-17(22(19,4)5)13-10-8-11-14-25-26-20(23)24/h16-19H,6-15H2,1-5H3,(H,23,24). The van der Waals surface area contributed by atoms with E-state index in [2.05, 4.69) is 44.4 Å². The predicted octanol–water partition coefficient (Wildman–Crippen LogP) is 6.69. The van der Waals surface area contributed by atoms with Gasteiger partial charge in [-0.1, -0.05) is 66.7 Å². The molecular weight excluding hydrogens is 328 g/mol. The molecule has 0 aromatic rings. The molecule has 0 spiro atoms. The van der Waals surface area contributed by atoms with Crippen LogP contribution in [0.3, 0.4) is 0 Å². The van der Waals surface area contributed by atoms with E-state index in [1.807, 2.05) is 0 Å². The highest BCUT2D eigenvalue weighted by atomic mass is 17.2. The van der Waals surface area contributed by atoms with Gasteiger partial charge in [0.15, 0.2) is 0 Å². The van der Waals surface area contributed by atoms with Crippen molar-refractivity contribution in [3.63, 3.8) is 0 Å². The minimum atomic E-state index is -1.37. The molecule has 0 aromatic carbocycles. The van der Waals surface area contributed by atoms with E-state index in [9.17, 15) is 4.79 Å². The van der Waals surface area contributed by atoms with Crippen molar-refractivity contribution in [2.75, 3.05) is 6.61 Å². The highest BCUT2D eigenvalue weighted by molar-refractivity contribution is 5.55. The quantitative estimate of drug-likeness (QED) is 0.223. The van der Waals surface area contributed by atoms with Crippen LogP contribution in [0.5, 0.6) is 0 Å². The molecule has 4 heteroatoms. The van der Waals surface area contributed by atoms with Gasteiger partial charge in [0, 0.05) is 0 Å². The number of unbranched alkanes of at least 4 members (excludes halogenated alkanes) is 4. The maximum atomic E-state index is 10.2. The van der Waals surface area contributed by atoms with Crippen molar-refractivity contribution in [3.8, 4) is 0 Å². The van der Waals surface area contributed by atoms with Crippen LogP contribution in [-0.2, 0) is 9.78 Å². The van der Waals surface area contributed by atoms with Gasteiger partial charge in [-0.05, 0) is 60.2 Å². The summed E-state index contributed by atoms with van der Waals surface area (Å²) in [6.07, 6.45) is 10.0. The molecule has 2 aliphatic carbocycles. The van der Waals surface area contributed by atoms with Gasteiger partial charge in [0.05, 0.1) is 6.61 Å². The lowest BCUT2D eigenvalue weighted by atomic mass is 10.0. The van der Waals surface area contributed by atoms with Crippen LogP contribution in [0.2, 0.25) is 0 Å². The largest absolute Gasteiger partial charge is 0.537 e. The van der Waals surface area contributed by atoms with Crippen LogP contribution in [-0.4, -0.2) is 17.9 Å². The molecular formula is C22H40O4. The summed E-state index contributed by atoms with van der Waals surface area (Å²) in [6, 6.07) is 0. The third-order valence-electron chi connectivity index (χ3n) is 7.58. The first-order chi connectivity index (χ1) is 12.2. The minimum Gasteiger partial charge on any atom is -0.448 e. The Kier molecular flexibility index (Phi) is 7.41. The molecule has 26 heavy (non-hydrogen) atoms. The molecule has 0 radical (unpaired) electrons. The summed E-state index contributed by atoms with van der Waals surface area (Å²) in [5.74, 6) is 3.66. The summed E-state index contributed by atoms with van der Waals surface area (Å²) in [5.41, 5.74) is 1.08. The number of carbonyl (C=O) groups is 1. The summed E-state index contributed by atoms with van der Waals surface area (Å²) < 4.78 is 0. The molecule has 0 bridgehead atoms. The molecule has 2 fully saturated rings. The van der Waals surface area contributed by atoms with E-state index in [-0.39, 0.29) is 0 Å². The molecule has 152 valence electrons. The maximum Gasteiger partial charge on any atom is 0.537 e. The fraction of sp³-hybridized carbons (Fsp3) is 0.955. The Morgan fingerprint density at radius 3 is 1.88 bits per heavy atom. The van der Waals surface area contributed by atoms with Crippen molar-refractivity contribution in [1.82, 2.24) is 0 Å². The molecule has 0 saturated heterocycles. The Labute approximate surface area is 160 Å². The predicted molar refractivity (Wildman–Crippen MR) is 104 cm³/mol. The van der Waals surface area contributed by atoms with Crippen molar-refractivity contribution in [2.24, 2.45) is 34.5 Å². The van der Waals surface area contributed by atoms with E-state index >= 15 is 0 Å². The zero-order chi connectivity index (χ0) is 19.4. The van der Waals surface area contributed by atoms with Crippen molar-refractivity contribution in [3.05, 3.63) is 0 Å². The van der Waals surface area contributed by atoms with E-state index in [1.165, 1.54) is 44.9 Å². The van der Waals surface area contributed by atoms with Crippen LogP contribution in [0, 0.1) is 34.5 Å². The fourth-order valence-electron chi connectivity index (χ4n) is 5.48. The molecule has 0 heterocycles. The van der Waals surface area contributed by atoms with E-state index in [4.69, 9.17) is 5.11 Å². The zero-order valence-corrected chi connectivity index (χ0v) is 17.6. The smallest absolute Gasteiger partial charge is 0.448 e. The minimum absolute atomic E-state index is 0.361. The van der Waals surface area contributed by atoms with Gasteiger partial charge in [0.1, 0.15) is 0 Å². The van der Waals surface area contributed by atoms with Gasteiger partial charge in [-0.25, -0.2) is 4.79 Å². The van der Waals surface area contributed by atoms with E-state index < -0.39 is 6.16 Å². The van der Waals surface area contributed by atoms with Gasteiger partial charge in [-0.15, -0.1) is 0 Å². The Morgan fingerprint density at radius 2 is 1.38 bits per heavy atom. The first-order valence-corrected chi connectivity index (χ1v) is 10.7. The highest BCUT2D eigenvalue weighted by Gasteiger charge is 2.63. The fourth-order valence-corrected chi connectivity index (χ4v) is 5.48.